The molecule has 31 heavy (non-hydrogen) atoms. The SMILES string of the molecule is O=C1C(=O)N(C[NH+]2CCN(c3cccc(C(F)(F)F)c3)CC2)c2ccc([N+](=O)[O-])cc21. The predicted molar refractivity (Wildman–Crippen MR) is 104 cm³/mol. The maximum Gasteiger partial charge on any atom is 0.416 e. The van der Waals surface area contributed by atoms with Gasteiger partial charge < -0.3 is 9.80 Å². The van der Waals surface area contributed by atoms with Gasteiger partial charge in [-0.2, -0.15) is 13.2 Å². The fourth-order valence-electron chi connectivity index (χ4n) is 3.90. The molecule has 0 saturated carbocycles. The van der Waals surface area contributed by atoms with Crippen LogP contribution in [-0.2, 0) is 11.0 Å². The summed E-state index contributed by atoms with van der Waals surface area (Å²) in [5, 5.41) is 10.9. The summed E-state index contributed by atoms with van der Waals surface area (Å²) in [6.07, 6.45) is -4.41. The van der Waals surface area contributed by atoms with Gasteiger partial charge in [-0.15, -0.1) is 0 Å². The Labute approximate surface area is 174 Å². The zero-order valence-corrected chi connectivity index (χ0v) is 16.2. The summed E-state index contributed by atoms with van der Waals surface area (Å²) in [6.45, 7) is 2.28. The summed E-state index contributed by atoms with van der Waals surface area (Å²) in [5.74, 6) is -1.51. The zero-order chi connectivity index (χ0) is 22.3. The standard InChI is InChI=1S/C20H17F3N4O4/c21-20(22,23)13-2-1-3-14(10-13)25-8-6-24(7-9-25)12-26-17-5-4-15(27(30)31)11-16(17)18(28)19(26)29/h1-5,10-11H,6-9,12H2/p+1. The molecule has 0 spiro atoms. The Kier molecular flexibility index (Phi) is 5.13. The number of hydrogen-bond acceptors (Lipinski definition) is 5. The van der Waals surface area contributed by atoms with E-state index >= 15 is 0 Å². The number of anilines is 2. The number of quaternary nitrogens is 1. The van der Waals surface area contributed by atoms with E-state index in [4.69, 9.17) is 0 Å². The van der Waals surface area contributed by atoms with Crippen LogP contribution in [0.25, 0.3) is 0 Å². The highest BCUT2D eigenvalue weighted by Crippen LogP contribution is 2.32. The van der Waals surface area contributed by atoms with Gasteiger partial charge in [-0.1, -0.05) is 6.07 Å². The Hall–Kier alpha value is -3.47. The van der Waals surface area contributed by atoms with Crippen molar-refractivity contribution in [3.63, 3.8) is 0 Å². The van der Waals surface area contributed by atoms with Crippen molar-refractivity contribution >= 4 is 28.8 Å². The van der Waals surface area contributed by atoms with Crippen LogP contribution in [0, 0.1) is 10.1 Å². The van der Waals surface area contributed by atoms with Crippen molar-refractivity contribution in [1.29, 1.82) is 0 Å². The molecule has 0 atom stereocenters. The van der Waals surface area contributed by atoms with E-state index in [1.54, 1.807) is 6.07 Å². The second kappa shape index (κ2) is 7.65. The maximum absolute atomic E-state index is 13.0. The third-order valence-corrected chi connectivity index (χ3v) is 5.56. The molecule has 8 nitrogen and oxygen atoms in total. The van der Waals surface area contributed by atoms with Crippen LogP contribution in [-0.4, -0.2) is 49.5 Å². The Morgan fingerprint density at radius 1 is 1.06 bits per heavy atom. The number of non-ortho nitro benzene ring substituents is 1. The lowest BCUT2D eigenvalue weighted by molar-refractivity contribution is -0.899. The number of benzene rings is 2. The minimum Gasteiger partial charge on any atom is -0.360 e. The highest BCUT2D eigenvalue weighted by Gasteiger charge is 2.39. The van der Waals surface area contributed by atoms with Crippen molar-refractivity contribution in [2.24, 2.45) is 0 Å². The molecule has 2 aromatic carbocycles. The van der Waals surface area contributed by atoms with Gasteiger partial charge in [0.15, 0.2) is 6.67 Å². The molecule has 2 aliphatic rings. The molecule has 2 heterocycles. The van der Waals surface area contributed by atoms with Gasteiger partial charge in [-0.25, -0.2) is 0 Å². The summed E-state index contributed by atoms with van der Waals surface area (Å²) in [6, 6.07) is 8.91. The molecular weight excluding hydrogens is 417 g/mol. The molecule has 2 aromatic rings. The number of nitrogens with one attached hydrogen (secondary N) is 1. The summed E-state index contributed by atoms with van der Waals surface area (Å²) in [7, 11) is 0. The first-order chi connectivity index (χ1) is 14.6. The average Bonchev–Trinajstić information content (AvgIpc) is 2.98. The van der Waals surface area contributed by atoms with E-state index in [2.05, 4.69) is 0 Å². The number of nitro groups is 1. The molecule has 1 fully saturated rings. The number of amides is 1. The van der Waals surface area contributed by atoms with Gasteiger partial charge in [0.05, 0.1) is 47.9 Å². The second-order valence-electron chi connectivity index (χ2n) is 7.46. The number of nitro benzene ring substituents is 1. The number of nitrogens with zero attached hydrogens (tertiary/aromatic N) is 3. The molecule has 0 aromatic heterocycles. The first-order valence-corrected chi connectivity index (χ1v) is 9.55. The monoisotopic (exact) mass is 435 g/mol. The number of hydrogen-bond donors (Lipinski definition) is 1. The Bertz CT molecular complexity index is 1060. The van der Waals surface area contributed by atoms with Crippen LogP contribution in [0.5, 0.6) is 0 Å². The van der Waals surface area contributed by atoms with E-state index in [-0.39, 0.29) is 17.9 Å². The van der Waals surface area contributed by atoms with Crippen LogP contribution in [0.15, 0.2) is 42.5 Å². The zero-order valence-electron chi connectivity index (χ0n) is 16.2. The van der Waals surface area contributed by atoms with Gasteiger partial charge in [0.2, 0.25) is 0 Å². The Morgan fingerprint density at radius 3 is 2.42 bits per heavy atom. The number of halogens is 3. The van der Waals surface area contributed by atoms with E-state index in [1.165, 1.54) is 23.1 Å². The summed E-state index contributed by atoms with van der Waals surface area (Å²) in [4.78, 5) is 39.1. The van der Waals surface area contributed by atoms with E-state index in [0.717, 1.165) is 23.1 Å². The van der Waals surface area contributed by atoms with Gasteiger partial charge in [0, 0.05) is 17.8 Å². The van der Waals surface area contributed by atoms with Crippen molar-refractivity contribution < 1.29 is 32.6 Å². The highest BCUT2D eigenvalue weighted by molar-refractivity contribution is 6.52. The first-order valence-electron chi connectivity index (χ1n) is 9.55. The average molecular weight is 435 g/mol. The molecule has 2 aliphatic heterocycles. The maximum atomic E-state index is 13.0. The third-order valence-electron chi connectivity index (χ3n) is 5.56. The van der Waals surface area contributed by atoms with E-state index in [1.807, 2.05) is 4.90 Å². The molecule has 11 heteroatoms. The summed E-state index contributed by atoms with van der Waals surface area (Å²) in [5.41, 5.74) is -0.121. The van der Waals surface area contributed by atoms with Crippen LogP contribution in [0.2, 0.25) is 0 Å². The molecule has 0 bridgehead atoms. The van der Waals surface area contributed by atoms with Crippen LogP contribution in [0.4, 0.5) is 30.2 Å². The van der Waals surface area contributed by atoms with E-state index in [0.29, 0.717) is 37.6 Å². The van der Waals surface area contributed by atoms with Crippen molar-refractivity contribution in [3.05, 3.63) is 63.7 Å². The normalized spacial score (nSPS) is 17.3. The number of Topliss-reactive ketones (excluding diaryl/α,β-unsaturated/α-hetero) is 1. The van der Waals surface area contributed by atoms with Crippen molar-refractivity contribution in [1.82, 2.24) is 0 Å². The fraction of sp³-hybridized carbons (Fsp3) is 0.300. The lowest BCUT2D eigenvalue weighted by Gasteiger charge is -2.35. The quantitative estimate of drug-likeness (QED) is 0.447. The first kappa shape index (κ1) is 20.8. The van der Waals surface area contributed by atoms with Crippen molar-refractivity contribution in [3.8, 4) is 0 Å². The molecule has 1 N–H and O–H groups in total. The lowest BCUT2D eigenvalue weighted by atomic mass is 10.1. The minimum atomic E-state index is -4.41. The summed E-state index contributed by atoms with van der Waals surface area (Å²) >= 11 is 0. The van der Waals surface area contributed by atoms with Gasteiger partial charge >= 0.3 is 12.1 Å². The molecule has 162 valence electrons. The highest BCUT2D eigenvalue weighted by atomic mass is 19.4. The molecular formula is C20H18F3N4O4+. The molecule has 1 amide bonds. The summed E-state index contributed by atoms with van der Waals surface area (Å²) < 4.78 is 38.9. The van der Waals surface area contributed by atoms with E-state index < -0.39 is 28.4 Å². The largest absolute Gasteiger partial charge is 0.416 e. The molecule has 0 unspecified atom stereocenters. The topological polar surface area (TPSA) is 88.2 Å². The molecule has 4 rings (SSSR count). The van der Waals surface area contributed by atoms with Gasteiger partial charge in [-0.05, 0) is 24.3 Å². The fourth-order valence-corrected chi connectivity index (χ4v) is 3.90. The Balaban J connectivity index is 1.44. The number of ketones is 1. The second-order valence-corrected chi connectivity index (χ2v) is 7.46. The van der Waals surface area contributed by atoms with Gasteiger partial charge in [0.1, 0.15) is 0 Å². The predicted octanol–water partition coefficient (Wildman–Crippen LogP) is 1.51. The van der Waals surface area contributed by atoms with Crippen molar-refractivity contribution in [2.45, 2.75) is 6.18 Å². The number of carbonyl (C=O) groups excluding carboxylic acids is 2. The van der Waals surface area contributed by atoms with Crippen LogP contribution < -0.4 is 14.7 Å². The molecule has 0 radical (unpaired) electrons. The number of rotatable bonds is 4. The number of alkyl halides is 3. The number of carbonyl (C=O) groups is 2. The van der Waals surface area contributed by atoms with Crippen LogP contribution >= 0.6 is 0 Å². The Morgan fingerprint density at radius 2 is 1.77 bits per heavy atom. The van der Waals surface area contributed by atoms with E-state index in [9.17, 15) is 32.9 Å². The number of fused-ring (bicyclic) bond motifs is 1. The van der Waals surface area contributed by atoms with Crippen LogP contribution in [0.1, 0.15) is 15.9 Å². The molecule has 0 aliphatic carbocycles. The lowest BCUT2D eigenvalue weighted by Crippen LogP contribution is -3.16. The van der Waals surface area contributed by atoms with Crippen molar-refractivity contribution in [2.75, 3.05) is 42.6 Å². The minimum absolute atomic E-state index is 0.0150. The van der Waals surface area contributed by atoms with Gasteiger partial charge in [-0.3, -0.25) is 24.6 Å². The van der Waals surface area contributed by atoms with Crippen LogP contribution in [0.3, 0.4) is 0 Å². The van der Waals surface area contributed by atoms with Gasteiger partial charge in [0.25, 0.3) is 11.5 Å². The number of piperazine rings is 1. The molecule has 1 saturated heterocycles. The third kappa shape index (κ3) is 3.96. The smallest absolute Gasteiger partial charge is 0.360 e.